The van der Waals surface area contributed by atoms with E-state index in [-0.39, 0.29) is 36.1 Å². The van der Waals surface area contributed by atoms with E-state index < -0.39 is 5.97 Å². The second kappa shape index (κ2) is 9.03. The maximum atomic E-state index is 12.5. The van der Waals surface area contributed by atoms with Crippen molar-refractivity contribution < 1.29 is 18.8 Å². The summed E-state index contributed by atoms with van der Waals surface area (Å²) in [5.41, 5.74) is 1.77. The fraction of sp³-hybridized carbons (Fsp3) is 0.150. The maximum Gasteiger partial charge on any atom is 0.346 e. The van der Waals surface area contributed by atoms with Crippen LogP contribution in [-0.4, -0.2) is 23.6 Å². The molecule has 6 nitrogen and oxygen atoms in total. The minimum absolute atomic E-state index is 0.0505. The van der Waals surface area contributed by atoms with Crippen molar-refractivity contribution in [1.29, 1.82) is 0 Å². The van der Waals surface area contributed by atoms with Crippen LogP contribution in [0, 0.1) is 0 Å². The van der Waals surface area contributed by atoms with Crippen LogP contribution in [0.1, 0.15) is 22.8 Å². The van der Waals surface area contributed by atoms with E-state index in [4.69, 9.17) is 20.9 Å². The van der Waals surface area contributed by atoms with Crippen LogP contribution in [0.25, 0.3) is 11.3 Å². The average Bonchev–Trinajstić information content (AvgIpc) is 3.08. The molecule has 0 saturated heterocycles. The summed E-state index contributed by atoms with van der Waals surface area (Å²) in [5, 5.41) is 7.11. The first-order valence-corrected chi connectivity index (χ1v) is 9.62. The number of hydrogen-bond donors (Lipinski definition) is 1. The quantitative estimate of drug-likeness (QED) is 0.513. The van der Waals surface area contributed by atoms with Gasteiger partial charge in [0.15, 0.2) is 5.56 Å². The molecule has 1 N–H and O–H groups in total. The molecule has 0 bridgehead atoms. The van der Waals surface area contributed by atoms with Crippen molar-refractivity contribution in [2.75, 3.05) is 11.9 Å². The predicted octanol–water partition coefficient (Wildman–Crippen LogP) is 5.12. The van der Waals surface area contributed by atoms with Crippen LogP contribution in [0.15, 0.2) is 57.5 Å². The van der Waals surface area contributed by atoms with E-state index >= 15 is 0 Å². The summed E-state index contributed by atoms with van der Waals surface area (Å²) in [7, 11) is 0. The molecule has 0 radical (unpaired) electrons. The smallest absolute Gasteiger partial charge is 0.346 e. The number of nitrogens with one attached hydrogen (secondary N) is 1. The second-order valence-corrected chi connectivity index (χ2v) is 7.17. The molecule has 0 atom stereocenters. The minimum Gasteiger partial charge on any atom is -0.462 e. The van der Waals surface area contributed by atoms with Crippen molar-refractivity contribution in [1.82, 2.24) is 5.16 Å². The first-order valence-electron chi connectivity index (χ1n) is 8.45. The zero-order valence-corrected chi connectivity index (χ0v) is 17.2. The number of halogens is 2. The van der Waals surface area contributed by atoms with E-state index in [1.54, 1.807) is 31.2 Å². The van der Waals surface area contributed by atoms with Gasteiger partial charge in [-0.1, -0.05) is 57.0 Å². The number of anilines is 1. The Hall–Kier alpha value is -2.64. The molecule has 2 aromatic carbocycles. The van der Waals surface area contributed by atoms with Crippen LogP contribution in [0.5, 0.6) is 0 Å². The lowest BCUT2D eigenvalue weighted by Crippen LogP contribution is -2.17. The summed E-state index contributed by atoms with van der Waals surface area (Å²) in [6.45, 7) is 1.87. The largest absolute Gasteiger partial charge is 0.462 e. The van der Waals surface area contributed by atoms with E-state index in [0.29, 0.717) is 10.6 Å². The Morgan fingerprint density at radius 3 is 2.46 bits per heavy atom. The Balaban J connectivity index is 1.87. The molecule has 0 unspecified atom stereocenters. The van der Waals surface area contributed by atoms with Gasteiger partial charge in [-0.15, -0.1) is 0 Å². The lowest BCUT2D eigenvalue weighted by molar-refractivity contribution is -0.115. The van der Waals surface area contributed by atoms with Crippen molar-refractivity contribution in [3.63, 3.8) is 0 Å². The van der Waals surface area contributed by atoms with E-state index in [1.165, 1.54) is 0 Å². The molecule has 0 aliphatic heterocycles. The molecule has 28 heavy (non-hydrogen) atoms. The molecular formula is C20H16BrClN2O4. The van der Waals surface area contributed by atoms with Gasteiger partial charge in [-0.2, -0.15) is 0 Å². The van der Waals surface area contributed by atoms with E-state index in [1.807, 2.05) is 24.3 Å². The summed E-state index contributed by atoms with van der Waals surface area (Å²) in [5.74, 6) is -1.02. The fourth-order valence-corrected chi connectivity index (χ4v) is 2.92. The molecule has 0 spiro atoms. The number of benzene rings is 2. The molecule has 144 valence electrons. The molecule has 0 saturated carbocycles. The molecule has 1 amide bonds. The summed E-state index contributed by atoms with van der Waals surface area (Å²) in [6, 6.07) is 14.1. The van der Waals surface area contributed by atoms with Gasteiger partial charge in [-0.3, -0.25) is 10.1 Å². The fourth-order valence-electron chi connectivity index (χ4n) is 2.53. The van der Waals surface area contributed by atoms with Crippen LogP contribution >= 0.6 is 27.5 Å². The van der Waals surface area contributed by atoms with Gasteiger partial charge < -0.3 is 9.26 Å². The third kappa shape index (κ3) is 4.79. The number of esters is 1. The number of carbonyl (C=O) groups is 2. The van der Waals surface area contributed by atoms with Crippen LogP contribution in [-0.2, 0) is 16.0 Å². The summed E-state index contributed by atoms with van der Waals surface area (Å²) < 4.78 is 11.3. The second-order valence-electron chi connectivity index (χ2n) is 5.81. The molecular weight excluding hydrogens is 448 g/mol. The van der Waals surface area contributed by atoms with Crippen molar-refractivity contribution in [2.24, 2.45) is 0 Å². The molecule has 1 aromatic heterocycles. The van der Waals surface area contributed by atoms with Crippen molar-refractivity contribution >= 4 is 45.3 Å². The van der Waals surface area contributed by atoms with Crippen LogP contribution in [0.2, 0.25) is 5.02 Å². The van der Waals surface area contributed by atoms with Crippen LogP contribution in [0.4, 0.5) is 5.88 Å². The molecule has 0 aliphatic carbocycles. The van der Waals surface area contributed by atoms with E-state index in [2.05, 4.69) is 26.4 Å². The highest BCUT2D eigenvalue weighted by atomic mass is 79.9. The normalized spacial score (nSPS) is 10.5. The van der Waals surface area contributed by atoms with Crippen LogP contribution in [0.3, 0.4) is 0 Å². The Bertz CT molecular complexity index is 984. The number of rotatable bonds is 6. The highest BCUT2D eigenvalue weighted by molar-refractivity contribution is 9.10. The van der Waals surface area contributed by atoms with Crippen molar-refractivity contribution in [3.05, 3.63) is 69.2 Å². The topological polar surface area (TPSA) is 81.4 Å². The van der Waals surface area contributed by atoms with E-state index in [0.717, 1.165) is 10.0 Å². The molecule has 3 rings (SSSR count). The highest BCUT2D eigenvalue weighted by Gasteiger charge is 2.26. The van der Waals surface area contributed by atoms with Crippen molar-refractivity contribution in [3.8, 4) is 11.3 Å². The number of carbonyl (C=O) groups excluding carboxylic acids is 2. The molecule has 1 heterocycles. The third-order valence-electron chi connectivity index (χ3n) is 3.82. The molecule has 0 fully saturated rings. The molecule has 0 aliphatic rings. The number of hydrogen-bond acceptors (Lipinski definition) is 5. The summed E-state index contributed by atoms with van der Waals surface area (Å²) in [6.07, 6.45) is 0.118. The third-order valence-corrected chi connectivity index (χ3v) is 4.60. The van der Waals surface area contributed by atoms with Gasteiger partial charge in [-0.05, 0) is 36.8 Å². The van der Waals surface area contributed by atoms with Gasteiger partial charge in [0, 0.05) is 15.1 Å². The number of nitrogens with zero attached hydrogens (tertiary/aromatic N) is 1. The van der Waals surface area contributed by atoms with Crippen LogP contribution < -0.4 is 5.32 Å². The Morgan fingerprint density at radius 1 is 1.14 bits per heavy atom. The SMILES string of the molecule is CCOC(=O)c1c(-c2ccc(Cl)cc2)noc1NC(=O)Cc1ccc(Br)cc1. The summed E-state index contributed by atoms with van der Waals surface area (Å²) >= 11 is 9.27. The maximum absolute atomic E-state index is 12.5. The minimum atomic E-state index is -0.632. The number of ether oxygens (including phenoxy) is 1. The zero-order valence-electron chi connectivity index (χ0n) is 14.9. The Labute approximate surface area is 174 Å². The van der Waals surface area contributed by atoms with Gasteiger partial charge >= 0.3 is 5.97 Å². The first-order chi connectivity index (χ1) is 13.5. The molecule has 8 heteroatoms. The van der Waals surface area contributed by atoms with E-state index in [9.17, 15) is 9.59 Å². The lowest BCUT2D eigenvalue weighted by atomic mass is 10.1. The zero-order chi connectivity index (χ0) is 20.1. The Morgan fingerprint density at radius 2 is 1.82 bits per heavy atom. The standard InChI is InChI=1S/C20H16BrClN2O4/c1-2-27-20(26)17-18(13-5-9-15(22)10-6-13)24-28-19(17)23-16(25)11-12-3-7-14(21)8-4-12/h3-10H,2,11H2,1H3,(H,23,25). The van der Waals surface area contributed by atoms with Gasteiger partial charge in [0.1, 0.15) is 5.69 Å². The average molecular weight is 464 g/mol. The number of amides is 1. The summed E-state index contributed by atoms with van der Waals surface area (Å²) in [4.78, 5) is 24.9. The highest BCUT2D eigenvalue weighted by Crippen LogP contribution is 2.30. The van der Waals surface area contributed by atoms with Gasteiger partial charge in [0.2, 0.25) is 11.8 Å². The Kier molecular flexibility index (Phi) is 6.49. The first kappa shape index (κ1) is 20.1. The predicted molar refractivity (Wildman–Crippen MR) is 109 cm³/mol. The molecule has 3 aromatic rings. The van der Waals surface area contributed by atoms with Gasteiger partial charge in [0.25, 0.3) is 0 Å². The van der Waals surface area contributed by atoms with Crippen molar-refractivity contribution in [2.45, 2.75) is 13.3 Å². The lowest BCUT2D eigenvalue weighted by Gasteiger charge is -2.06. The monoisotopic (exact) mass is 462 g/mol. The van der Waals surface area contributed by atoms with Gasteiger partial charge in [0.05, 0.1) is 13.0 Å². The number of aromatic nitrogens is 1. The van der Waals surface area contributed by atoms with Gasteiger partial charge in [-0.25, -0.2) is 4.79 Å².